The van der Waals surface area contributed by atoms with Gasteiger partial charge in [-0.1, -0.05) is 26.7 Å². The van der Waals surface area contributed by atoms with Crippen molar-refractivity contribution in [3.05, 3.63) is 28.7 Å². The first-order valence-electron chi connectivity index (χ1n) is 7.60. The van der Waals surface area contributed by atoms with Crippen LogP contribution in [0, 0.1) is 11.8 Å². The summed E-state index contributed by atoms with van der Waals surface area (Å²) in [6, 6.07) is 6.58. The molecule has 0 aliphatic heterocycles. The average molecular weight is 273 g/mol. The maximum Gasteiger partial charge on any atom is 0.323 e. The summed E-state index contributed by atoms with van der Waals surface area (Å²) in [5, 5.41) is 3.63. The van der Waals surface area contributed by atoms with Gasteiger partial charge in [-0.3, -0.25) is 0 Å². The van der Waals surface area contributed by atoms with E-state index in [1.807, 2.05) is 18.2 Å². The molecule has 108 valence electrons. The summed E-state index contributed by atoms with van der Waals surface area (Å²) >= 11 is 0. The van der Waals surface area contributed by atoms with Gasteiger partial charge in [0.2, 0.25) is 0 Å². The minimum atomic E-state index is -0.144. The van der Waals surface area contributed by atoms with Crippen molar-refractivity contribution in [3.63, 3.8) is 0 Å². The highest BCUT2D eigenvalue weighted by Crippen LogP contribution is 2.31. The second kappa shape index (κ2) is 5.35. The second-order valence-corrected chi connectivity index (χ2v) is 6.35. The Balaban J connectivity index is 1.73. The molecular weight excluding hydrogens is 250 g/mol. The predicted molar refractivity (Wildman–Crippen MR) is 83.1 cm³/mol. The van der Waals surface area contributed by atoms with Gasteiger partial charge in [0.05, 0.1) is 11.0 Å². The Kier molecular flexibility index (Phi) is 3.55. The number of H-pyrrole nitrogens is 2. The molecule has 3 rings (SSSR count). The summed E-state index contributed by atoms with van der Waals surface area (Å²) in [4.78, 5) is 16.9. The SMILES string of the molecule is CC(C)C1CCCC(Nc2ccc3[nH]c(=O)[nH]c3c2)C1. The Bertz CT molecular complexity index is 640. The van der Waals surface area contributed by atoms with E-state index in [0.29, 0.717) is 6.04 Å². The summed E-state index contributed by atoms with van der Waals surface area (Å²) < 4.78 is 0. The van der Waals surface area contributed by atoms with Gasteiger partial charge in [0, 0.05) is 11.7 Å². The minimum Gasteiger partial charge on any atom is -0.382 e. The molecule has 4 nitrogen and oxygen atoms in total. The Morgan fingerprint density at radius 1 is 1.20 bits per heavy atom. The van der Waals surface area contributed by atoms with Crippen molar-refractivity contribution in [1.82, 2.24) is 9.97 Å². The molecule has 0 spiro atoms. The Morgan fingerprint density at radius 2 is 2.00 bits per heavy atom. The molecule has 20 heavy (non-hydrogen) atoms. The molecule has 4 heteroatoms. The van der Waals surface area contributed by atoms with Gasteiger partial charge in [-0.2, -0.15) is 0 Å². The predicted octanol–water partition coefficient (Wildman–Crippen LogP) is 3.48. The molecule has 0 amide bonds. The summed E-state index contributed by atoms with van der Waals surface area (Å²) in [5.74, 6) is 1.60. The number of anilines is 1. The van der Waals surface area contributed by atoms with E-state index in [2.05, 4.69) is 29.1 Å². The number of benzene rings is 1. The molecule has 1 saturated carbocycles. The highest BCUT2D eigenvalue weighted by atomic mass is 16.1. The first kappa shape index (κ1) is 13.3. The Labute approximate surface area is 119 Å². The van der Waals surface area contributed by atoms with Crippen LogP contribution in [0.1, 0.15) is 39.5 Å². The fourth-order valence-electron chi connectivity index (χ4n) is 3.32. The van der Waals surface area contributed by atoms with E-state index < -0.39 is 0 Å². The van der Waals surface area contributed by atoms with Crippen molar-refractivity contribution >= 4 is 16.7 Å². The largest absolute Gasteiger partial charge is 0.382 e. The zero-order chi connectivity index (χ0) is 14.1. The lowest BCUT2D eigenvalue weighted by molar-refractivity contribution is 0.264. The summed E-state index contributed by atoms with van der Waals surface area (Å²) in [6.07, 6.45) is 5.16. The highest BCUT2D eigenvalue weighted by molar-refractivity contribution is 5.78. The quantitative estimate of drug-likeness (QED) is 0.801. The van der Waals surface area contributed by atoms with Gasteiger partial charge in [0.1, 0.15) is 0 Å². The van der Waals surface area contributed by atoms with E-state index in [0.717, 1.165) is 28.6 Å². The van der Waals surface area contributed by atoms with Crippen LogP contribution < -0.4 is 11.0 Å². The standard InChI is InChI=1S/C16H23N3O/c1-10(2)11-4-3-5-12(8-11)17-13-6-7-14-15(9-13)19-16(20)18-14/h6-7,9-12,17H,3-5,8H2,1-2H3,(H2,18,19,20). The van der Waals surface area contributed by atoms with Gasteiger partial charge in [-0.25, -0.2) is 4.79 Å². The molecule has 1 aliphatic rings. The van der Waals surface area contributed by atoms with Gasteiger partial charge in [0.15, 0.2) is 0 Å². The van der Waals surface area contributed by atoms with Crippen LogP contribution in [0.2, 0.25) is 0 Å². The number of rotatable bonds is 3. The van der Waals surface area contributed by atoms with Crippen LogP contribution in [0.5, 0.6) is 0 Å². The number of hydrogen-bond donors (Lipinski definition) is 3. The number of nitrogens with one attached hydrogen (secondary N) is 3. The van der Waals surface area contributed by atoms with Crippen molar-refractivity contribution in [2.75, 3.05) is 5.32 Å². The number of aromatic nitrogens is 2. The van der Waals surface area contributed by atoms with Crippen molar-refractivity contribution in [3.8, 4) is 0 Å². The first-order valence-corrected chi connectivity index (χ1v) is 7.60. The van der Waals surface area contributed by atoms with Crippen LogP contribution in [-0.4, -0.2) is 16.0 Å². The summed E-state index contributed by atoms with van der Waals surface area (Å²) in [5.41, 5.74) is 2.69. The molecule has 2 aromatic rings. The number of fused-ring (bicyclic) bond motifs is 1. The third-order valence-electron chi connectivity index (χ3n) is 4.54. The van der Waals surface area contributed by atoms with E-state index in [1.54, 1.807) is 0 Å². The number of imidazole rings is 1. The Morgan fingerprint density at radius 3 is 2.80 bits per heavy atom. The van der Waals surface area contributed by atoms with Crippen LogP contribution in [0.4, 0.5) is 5.69 Å². The topological polar surface area (TPSA) is 60.7 Å². The second-order valence-electron chi connectivity index (χ2n) is 6.35. The molecule has 2 unspecified atom stereocenters. The molecule has 1 aliphatic carbocycles. The Hall–Kier alpha value is -1.71. The molecule has 0 saturated heterocycles. The third-order valence-corrected chi connectivity index (χ3v) is 4.54. The van der Waals surface area contributed by atoms with E-state index in [1.165, 1.54) is 25.7 Å². The maximum absolute atomic E-state index is 11.3. The molecule has 0 radical (unpaired) electrons. The van der Waals surface area contributed by atoms with Crippen LogP contribution in [-0.2, 0) is 0 Å². The van der Waals surface area contributed by atoms with Gasteiger partial charge < -0.3 is 15.3 Å². The van der Waals surface area contributed by atoms with Crippen molar-refractivity contribution in [2.45, 2.75) is 45.6 Å². The van der Waals surface area contributed by atoms with E-state index in [4.69, 9.17) is 0 Å². The lowest BCUT2D eigenvalue weighted by Crippen LogP contribution is -2.29. The first-order chi connectivity index (χ1) is 9.61. The fraction of sp³-hybridized carbons (Fsp3) is 0.562. The molecule has 0 bridgehead atoms. The lowest BCUT2D eigenvalue weighted by atomic mass is 9.79. The van der Waals surface area contributed by atoms with Crippen LogP contribution in [0.15, 0.2) is 23.0 Å². The van der Waals surface area contributed by atoms with Gasteiger partial charge >= 0.3 is 5.69 Å². The normalized spacial score (nSPS) is 23.4. The van der Waals surface area contributed by atoms with Crippen molar-refractivity contribution in [2.24, 2.45) is 11.8 Å². The van der Waals surface area contributed by atoms with Gasteiger partial charge in [0.25, 0.3) is 0 Å². The number of hydrogen-bond acceptors (Lipinski definition) is 2. The molecule has 3 N–H and O–H groups in total. The van der Waals surface area contributed by atoms with E-state index >= 15 is 0 Å². The van der Waals surface area contributed by atoms with Gasteiger partial charge in [-0.15, -0.1) is 0 Å². The molecule has 1 aromatic carbocycles. The molecule has 1 fully saturated rings. The highest BCUT2D eigenvalue weighted by Gasteiger charge is 2.23. The minimum absolute atomic E-state index is 0.144. The fourth-order valence-corrected chi connectivity index (χ4v) is 3.32. The molecule has 1 aromatic heterocycles. The summed E-state index contributed by atoms with van der Waals surface area (Å²) in [7, 11) is 0. The van der Waals surface area contributed by atoms with E-state index in [-0.39, 0.29) is 5.69 Å². The average Bonchev–Trinajstić information content (AvgIpc) is 2.78. The maximum atomic E-state index is 11.3. The molecule has 1 heterocycles. The van der Waals surface area contributed by atoms with Crippen molar-refractivity contribution in [1.29, 1.82) is 0 Å². The third kappa shape index (κ3) is 2.74. The van der Waals surface area contributed by atoms with Crippen molar-refractivity contribution < 1.29 is 0 Å². The van der Waals surface area contributed by atoms with E-state index in [9.17, 15) is 4.79 Å². The van der Waals surface area contributed by atoms with Crippen LogP contribution in [0.25, 0.3) is 11.0 Å². The molecule has 2 atom stereocenters. The van der Waals surface area contributed by atoms with Crippen LogP contribution in [0.3, 0.4) is 0 Å². The zero-order valence-corrected chi connectivity index (χ0v) is 12.2. The summed E-state index contributed by atoms with van der Waals surface area (Å²) in [6.45, 7) is 4.65. The van der Waals surface area contributed by atoms with Crippen LogP contribution >= 0.6 is 0 Å². The monoisotopic (exact) mass is 273 g/mol. The smallest absolute Gasteiger partial charge is 0.323 e. The lowest BCUT2D eigenvalue weighted by Gasteiger charge is -2.32. The number of aromatic amines is 2. The molecular formula is C16H23N3O. The van der Waals surface area contributed by atoms with Gasteiger partial charge in [-0.05, 0) is 42.9 Å². The zero-order valence-electron chi connectivity index (χ0n) is 12.2.